The van der Waals surface area contributed by atoms with E-state index in [2.05, 4.69) is 5.32 Å². The minimum Gasteiger partial charge on any atom is -0.361 e. The van der Waals surface area contributed by atoms with E-state index < -0.39 is 11.6 Å². The topological polar surface area (TPSA) is 21.3 Å². The third kappa shape index (κ3) is 1.91. The normalized spacial score (nSPS) is 21.4. The number of nitrogens with one attached hydrogen (secondary N) is 1. The number of hydrogen-bond donors (Lipinski definition) is 1. The van der Waals surface area contributed by atoms with E-state index in [1.807, 2.05) is 0 Å². The van der Waals surface area contributed by atoms with Crippen LogP contribution >= 0.6 is 0 Å². The fourth-order valence-electron chi connectivity index (χ4n) is 1.54. The van der Waals surface area contributed by atoms with Gasteiger partial charge >= 0.3 is 0 Å². The van der Waals surface area contributed by atoms with Crippen molar-refractivity contribution in [1.29, 1.82) is 0 Å². The number of ether oxygens (including phenoxy) is 1. The Kier molecular flexibility index (Phi) is 2.74. The lowest BCUT2D eigenvalue weighted by molar-refractivity contribution is 0.112. The van der Waals surface area contributed by atoms with E-state index in [9.17, 15) is 8.78 Å². The van der Waals surface area contributed by atoms with Crippen LogP contribution in [0.2, 0.25) is 0 Å². The molecule has 14 heavy (non-hydrogen) atoms. The minimum absolute atomic E-state index is 0.112. The molecule has 2 nitrogen and oxygen atoms in total. The molecule has 1 aliphatic rings. The first-order valence-corrected chi connectivity index (χ1v) is 4.52. The molecule has 0 amide bonds. The molecular weight excluding hydrogens is 188 g/mol. The van der Waals surface area contributed by atoms with E-state index in [1.54, 1.807) is 0 Å². The van der Waals surface area contributed by atoms with Crippen molar-refractivity contribution < 1.29 is 13.5 Å². The molecule has 1 fully saturated rings. The second-order valence-electron chi connectivity index (χ2n) is 3.29. The zero-order chi connectivity index (χ0) is 9.97. The highest BCUT2D eigenvalue weighted by Gasteiger charge is 2.19. The average molecular weight is 199 g/mol. The third-order valence-corrected chi connectivity index (χ3v) is 2.29. The van der Waals surface area contributed by atoms with E-state index >= 15 is 0 Å². The monoisotopic (exact) mass is 199 g/mol. The molecule has 1 N–H and O–H groups in total. The van der Waals surface area contributed by atoms with Crippen LogP contribution in [0.15, 0.2) is 18.2 Å². The van der Waals surface area contributed by atoms with Crippen LogP contribution < -0.4 is 5.32 Å². The molecule has 0 saturated carbocycles. The van der Waals surface area contributed by atoms with Gasteiger partial charge in [-0.2, -0.15) is 0 Å². The van der Waals surface area contributed by atoms with Crippen LogP contribution in [-0.4, -0.2) is 19.4 Å². The largest absolute Gasteiger partial charge is 0.361 e. The molecule has 76 valence electrons. The van der Waals surface area contributed by atoms with Crippen molar-refractivity contribution in [3.8, 4) is 0 Å². The smallest absolute Gasteiger partial charge is 0.129 e. The van der Waals surface area contributed by atoms with Crippen LogP contribution in [-0.2, 0) is 11.2 Å². The summed E-state index contributed by atoms with van der Waals surface area (Å²) in [5.74, 6) is -0.999. The highest BCUT2D eigenvalue weighted by molar-refractivity contribution is 5.20. The van der Waals surface area contributed by atoms with Gasteiger partial charge in [0.25, 0.3) is 0 Å². The highest BCUT2D eigenvalue weighted by atomic mass is 19.1. The molecule has 2 rings (SSSR count). The maximum atomic E-state index is 13.2. The van der Waals surface area contributed by atoms with Crippen molar-refractivity contribution >= 4 is 0 Å². The number of hydrogen-bond acceptors (Lipinski definition) is 2. The summed E-state index contributed by atoms with van der Waals surface area (Å²) in [4.78, 5) is 0. The Labute approximate surface area is 80.9 Å². The molecular formula is C10H11F2NO. The Morgan fingerprint density at radius 3 is 2.64 bits per heavy atom. The van der Waals surface area contributed by atoms with E-state index in [0.29, 0.717) is 13.3 Å². The van der Waals surface area contributed by atoms with Gasteiger partial charge in [0.05, 0.1) is 12.8 Å². The molecule has 1 saturated heterocycles. The summed E-state index contributed by atoms with van der Waals surface area (Å²) < 4.78 is 31.6. The zero-order valence-electron chi connectivity index (χ0n) is 7.59. The molecule has 0 aliphatic carbocycles. The molecule has 0 spiro atoms. The summed E-state index contributed by atoms with van der Waals surface area (Å²) >= 11 is 0. The maximum Gasteiger partial charge on any atom is 0.129 e. The molecule has 0 aromatic heterocycles. The molecule has 0 bridgehead atoms. The van der Waals surface area contributed by atoms with Gasteiger partial charge in [-0.1, -0.05) is 6.07 Å². The number of halogens is 2. The zero-order valence-corrected chi connectivity index (χ0v) is 7.59. The lowest BCUT2D eigenvalue weighted by Gasteiger charge is -2.09. The Morgan fingerprint density at radius 1 is 1.36 bits per heavy atom. The van der Waals surface area contributed by atoms with Crippen LogP contribution in [0.3, 0.4) is 0 Å². The second-order valence-corrected chi connectivity index (χ2v) is 3.29. The van der Waals surface area contributed by atoms with Crippen LogP contribution in [0.1, 0.15) is 5.56 Å². The summed E-state index contributed by atoms with van der Waals surface area (Å²) in [6.45, 7) is 1.11. The van der Waals surface area contributed by atoms with Gasteiger partial charge in [0.1, 0.15) is 11.6 Å². The van der Waals surface area contributed by atoms with Gasteiger partial charge in [0.15, 0.2) is 0 Å². The molecule has 1 aromatic carbocycles. The summed E-state index contributed by atoms with van der Waals surface area (Å²) in [6, 6.07) is 3.89. The first-order valence-electron chi connectivity index (χ1n) is 4.52. The summed E-state index contributed by atoms with van der Waals surface area (Å²) in [7, 11) is 0. The quantitative estimate of drug-likeness (QED) is 0.778. The highest BCUT2D eigenvalue weighted by Crippen LogP contribution is 2.16. The van der Waals surface area contributed by atoms with Crippen LogP contribution in [0.4, 0.5) is 8.78 Å². The maximum absolute atomic E-state index is 13.2. The van der Waals surface area contributed by atoms with E-state index in [4.69, 9.17) is 4.74 Å². The van der Waals surface area contributed by atoms with E-state index in [1.165, 1.54) is 18.2 Å². The van der Waals surface area contributed by atoms with Crippen molar-refractivity contribution in [2.24, 2.45) is 0 Å². The number of rotatable bonds is 2. The average Bonchev–Trinajstić information content (AvgIpc) is 2.64. The first-order chi connectivity index (χ1) is 6.77. The standard InChI is InChI=1S/C10H11F2NO/c11-9-2-1-3-10(12)8(9)4-7-5-13-6-14-7/h1-3,7,13H,4-6H2. The summed E-state index contributed by atoms with van der Waals surface area (Å²) in [5.41, 5.74) is 0.112. The van der Waals surface area contributed by atoms with Crippen molar-refractivity contribution in [3.63, 3.8) is 0 Å². The SMILES string of the molecule is Fc1cccc(F)c1CC1CNCO1. The first kappa shape index (κ1) is 9.55. The summed E-state index contributed by atoms with van der Waals surface area (Å²) in [5, 5.41) is 2.96. The van der Waals surface area contributed by atoms with Crippen molar-refractivity contribution in [2.75, 3.05) is 13.3 Å². The Morgan fingerprint density at radius 2 is 2.07 bits per heavy atom. The van der Waals surface area contributed by atoms with Crippen molar-refractivity contribution in [1.82, 2.24) is 5.32 Å². The van der Waals surface area contributed by atoms with Crippen molar-refractivity contribution in [3.05, 3.63) is 35.4 Å². The Balaban J connectivity index is 2.14. The lowest BCUT2D eigenvalue weighted by atomic mass is 10.1. The Bertz CT molecular complexity index is 304. The van der Waals surface area contributed by atoms with Gasteiger partial charge in [-0.3, -0.25) is 5.32 Å². The minimum atomic E-state index is -0.500. The molecule has 1 atom stereocenters. The van der Waals surface area contributed by atoms with Crippen LogP contribution in [0.5, 0.6) is 0 Å². The Hall–Kier alpha value is -1.00. The van der Waals surface area contributed by atoms with Gasteiger partial charge in [0.2, 0.25) is 0 Å². The molecule has 1 aliphatic heterocycles. The molecule has 1 heterocycles. The van der Waals surface area contributed by atoms with Gasteiger partial charge in [0, 0.05) is 18.5 Å². The second kappa shape index (κ2) is 4.02. The van der Waals surface area contributed by atoms with E-state index in [0.717, 1.165) is 0 Å². The molecule has 1 unspecified atom stereocenters. The van der Waals surface area contributed by atoms with Gasteiger partial charge in [-0.25, -0.2) is 8.78 Å². The third-order valence-electron chi connectivity index (χ3n) is 2.29. The van der Waals surface area contributed by atoms with E-state index in [-0.39, 0.29) is 18.1 Å². The summed E-state index contributed by atoms with van der Waals surface area (Å²) in [6.07, 6.45) is 0.160. The van der Waals surface area contributed by atoms with Gasteiger partial charge in [-0.15, -0.1) is 0 Å². The number of benzene rings is 1. The fourth-order valence-corrected chi connectivity index (χ4v) is 1.54. The van der Waals surface area contributed by atoms with Crippen LogP contribution in [0.25, 0.3) is 0 Å². The predicted octanol–water partition coefficient (Wildman–Crippen LogP) is 1.45. The molecule has 1 aromatic rings. The lowest BCUT2D eigenvalue weighted by Crippen LogP contribution is -2.18. The van der Waals surface area contributed by atoms with Gasteiger partial charge in [-0.05, 0) is 12.1 Å². The fraction of sp³-hybridized carbons (Fsp3) is 0.400. The molecule has 0 radical (unpaired) electrons. The van der Waals surface area contributed by atoms with Crippen molar-refractivity contribution in [2.45, 2.75) is 12.5 Å². The molecule has 4 heteroatoms. The van der Waals surface area contributed by atoms with Gasteiger partial charge < -0.3 is 4.74 Å². The van der Waals surface area contributed by atoms with Crippen LogP contribution in [0, 0.1) is 11.6 Å². The predicted molar refractivity (Wildman–Crippen MR) is 47.8 cm³/mol.